The zero-order chi connectivity index (χ0) is 20.3. The van der Waals surface area contributed by atoms with Crippen LogP contribution in [0.2, 0.25) is 0 Å². The summed E-state index contributed by atoms with van der Waals surface area (Å²) in [4.78, 5) is 20.6. The van der Waals surface area contributed by atoms with E-state index in [1.165, 1.54) is 6.20 Å². The summed E-state index contributed by atoms with van der Waals surface area (Å²) >= 11 is 3.20. The molecule has 9 nitrogen and oxygen atoms in total. The fourth-order valence-electron chi connectivity index (χ4n) is 3.18. The van der Waals surface area contributed by atoms with Gasteiger partial charge in [0.05, 0.1) is 26.5 Å². The third kappa shape index (κ3) is 3.78. The quantitative estimate of drug-likeness (QED) is 0.463. The van der Waals surface area contributed by atoms with Gasteiger partial charge >= 0.3 is 0 Å². The van der Waals surface area contributed by atoms with Gasteiger partial charge in [-0.05, 0) is 35.0 Å². The van der Waals surface area contributed by atoms with Gasteiger partial charge in [0.2, 0.25) is 0 Å². The maximum absolute atomic E-state index is 12.6. The number of nitrogens with zero attached hydrogens (tertiary/aromatic N) is 4. The lowest BCUT2D eigenvalue weighted by Gasteiger charge is -2.07. The molecular formula is C18H22BrN6O3+. The van der Waals surface area contributed by atoms with Crippen LogP contribution in [0.15, 0.2) is 29.0 Å². The molecule has 28 heavy (non-hydrogen) atoms. The third-order valence-electron chi connectivity index (χ3n) is 4.42. The number of amides is 1. The monoisotopic (exact) mass is 449 g/mol. The molecule has 0 saturated carbocycles. The molecule has 10 heteroatoms. The number of nitrogen functional groups attached to an aromatic ring is 1. The van der Waals surface area contributed by atoms with E-state index in [0.29, 0.717) is 17.7 Å². The number of carbonyl (C=O) groups is 1. The molecule has 4 N–H and O–H groups in total. The Labute approximate surface area is 170 Å². The molecule has 2 heterocycles. The van der Waals surface area contributed by atoms with Crippen LogP contribution < -0.4 is 20.4 Å². The summed E-state index contributed by atoms with van der Waals surface area (Å²) in [5.41, 5.74) is 7.74. The van der Waals surface area contributed by atoms with Crippen molar-refractivity contribution in [3.8, 4) is 5.75 Å². The van der Waals surface area contributed by atoms with E-state index in [0.717, 1.165) is 22.6 Å². The highest BCUT2D eigenvalue weighted by Crippen LogP contribution is 2.21. The highest BCUT2D eigenvalue weighted by Gasteiger charge is 2.25. The lowest BCUT2D eigenvalue weighted by Crippen LogP contribution is -2.42. The van der Waals surface area contributed by atoms with Gasteiger partial charge in [-0.2, -0.15) is 0 Å². The van der Waals surface area contributed by atoms with E-state index < -0.39 is 5.91 Å². The van der Waals surface area contributed by atoms with Gasteiger partial charge < -0.3 is 20.9 Å². The van der Waals surface area contributed by atoms with Crippen LogP contribution in [0.3, 0.4) is 0 Å². The summed E-state index contributed by atoms with van der Waals surface area (Å²) in [7, 11) is 1.62. The minimum Gasteiger partial charge on any atom is -0.497 e. The van der Waals surface area contributed by atoms with Crippen LogP contribution in [-0.2, 0) is 19.6 Å². The molecule has 0 saturated heterocycles. The highest BCUT2D eigenvalue weighted by atomic mass is 79.9. The third-order valence-corrected chi connectivity index (χ3v) is 4.80. The van der Waals surface area contributed by atoms with Crippen molar-refractivity contribution in [1.82, 2.24) is 19.9 Å². The molecule has 0 spiro atoms. The number of anilines is 1. The number of carbonyl (C=O) groups excluding carboxylic acids is 1. The summed E-state index contributed by atoms with van der Waals surface area (Å²) in [5, 5.41) is 12.4. The van der Waals surface area contributed by atoms with E-state index in [9.17, 15) is 9.90 Å². The predicted molar refractivity (Wildman–Crippen MR) is 107 cm³/mol. The second kappa shape index (κ2) is 8.53. The first kappa shape index (κ1) is 20.0. The molecule has 1 aromatic carbocycles. The Morgan fingerprint density at radius 3 is 2.93 bits per heavy atom. The molecule has 0 fully saturated rings. The number of aryl methyl sites for hydroxylation is 1. The molecule has 1 amide bonds. The Balaban J connectivity index is 1.98. The number of rotatable bonds is 7. The number of halogens is 1. The standard InChI is InChI=1S/C18H21BrN6O3/c1-3-24-13-8-11(28-2)4-5-12(13)25(6-7-26)15(24)10-22-18(27)16-17(20)21-9-14(19)23-16/h4-5,8-9,26H,3,6-7,10H2,1-2H3,(H2-,20,21,22,27)/p+1. The van der Waals surface area contributed by atoms with Crippen molar-refractivity contribution in [2.24, 2.45) is 0 Å². The topological polar surface area (TPSA) is 119 Å². The van der Waals surface area contributed by atoms with Crippen LogP contribution in [-0.4, -0.2) is 39.3 Å². The summed E-state index contributed by atoms with van der Waals surface area (Å²) < 4.78 is 9.82. The Morgan fingerprint density at radius 2 is 2.25 bits per heavy atom. The number of aliphatic hydroxyl groups excluding tert-OH is 1. The maximum Gasteiger partial charge on any atom is 0.277 e. The number of methoxy groups -OCH3 is 1. The van der Waals surface area contributed by atoms with Crippen molar-refractivity contribution in [3.63, 3.8) is 0 Å². The average Bonchev–Trinajstić information content (AvgIpc) is 3.00. The molecule has 148 valence electrons. The Kier molecular flexibility index (Phi) is 6.10. The molecule has 0 aliphatic heterocycles. The Bertz CT molecular complexity index is 1020. The first-order valence-corrected chi connectivity index (χ1v) is 9.55. The number of imidazole rings is 1. The summed E-state index contributed by atoms with van der Waals surface area (Å²) in [6.45, 7) is 3.32. The molecule has 0 aliphatic rings. The lowest BCUT2D eigenvalue weighted by molar-refractivity contribution is -0.681. The second-order valence-corrected chi connectivity index (χ2v) is 6.81. The Morgan fingerprint density at radius 1 is 1.46 bits per heavy atom. The number of benzene rings is 1. The molecule has 0 radical (unpaired) electrons. The zero-order valence-corrected chi connectivity index (χ0v) is 17.2. The van der Waals surface area contributed by atoms with Gasteiger partial charge in [0.15, 0.2) is 22.5 Å². The van der Waals surface area contributed by atoms with Gasteiger partial charge in [-0.3, -0.25) is 4.79 Å². The van der Waals surface area contributed by atoms with Crippen molar-refractivity contribution in [2.45, 2.75) is 26.6 Å². The molecular weight excluding hydrogens is 428 g/mol. The van der Waals surface area contributed by atoms with Gasteiger partial charge in [-0.1, -0.05) is 0 Å². The first-order chi connectivity index (χ1) is 13.5. The van der Waals surface area contributed by atoms with Crippen LogP contribution in [0.25, 0.3) is 11.0 Å². The number of ether oxygens (including phenoxy) is 1. The number of fused-ring (bicyclic) bond motifs is 1. The Hall–Kier alpha value is -2.72. The molecule has 3 rings (SSSR count). The van der Waals surface area contributed by atoms with Gasteiger partial charge in [-0.15, -0.1) is 0 Å². The summed E-state index contributed by atoms with van der Waals surface area (Å²) in [6, 6.07) is 5.76. The fourth-order valence-corrected chi connectivity index (χ4v) is 3.46. The smallest absolute Gasteiger partial charge is 0.277 e. The van der Waals surface area contributed by atoms with E-state index in [2.05, 4.69) is 35.8 Å². The second-order valence-electron chi connectivity index (χ2n) is 6.00. The first-order valence-electron chi connectivity index (χ1n) is 8.76. The van der Waals surface area contributed by atoms with Crippen molar-refractivity contribution in [1.29, 1.82) is 0 Å². The molecule has 0 bridgehead atoms. The van der Waals surface area contributed by atoms with Gasteiger partial charge in [0.1, 0.15) is 23.4 Å². The number of nitrogens with two attached hydrogens (primary N) is 1. The van der Waals surface area contributed by atoms with Crippen LogP contribution >= 0.6 is 15.9 Å². The van der Waals surface area contributed by atoms with Crippen molar-refractivity contribution >= 4 is 38.7 Å². The predicted octanol–water partition coefficient (Wildman–Crippen LogP) is 1.01. The molecule has 0 aliphatic carbocycles. The molecule has 2 aromatic heterocycles. The largest absolute Gasteiger partial charge is 0.497 e. The van der Waals surface area contributed by atoms with Crippen LogP contribution in [0.5, 0.6) is 5.75 Å². The molecule has 0 atom stereocenters. The maximum atomic E-state index is 12.6. The summed E-state index contributed by atoms with van der Waals surface area (Å²) in [6.07, 6.45) is 1.43. The SMILES string of the molecule is CCn1c(CNC(=O)c2nc(Br)cnc2N)[n+](CCO)c2ccc(OC)cc21. The van der Waals surface area contributed by atoms with Crippen LogP contribution in [0.4, 0.5) is 5.82 Å². The van der Waals surface area contributed by atoms with Crippen molar-refractivity contribution in [3.05, 3.63) is 40.5 Å². The number of aromatic nitrogens is 4. The van der Waals surface area contributed by atoms with Gasteiger partial charge in [-0.25, -0.2) is 19.1 Å². The lowest BCUT2D eigenvalue weighted by atomic mass is 10.3. The summed E-state index contributed by atoms with van der Waals surface area (Å²) in [5.74, 6) is 1.22. The highest BCUT2D eigenvalue weighted by molar-refractivity contribution is 9.10. The normalized spacial score (nSPS) is 11.0. The molecule has 3 aromatic rings. The number of nitrogens with one attached hydrogen (secondary N) is 1. The number of aliphatic hydroxyl groups is 1. The number of hydrogen-bond acceptors (Lipinski definition) is 6. The fraction of sp³-hybridized carbons (Fsp3) is 0.333. The van der Waals surface area contributed by atoms with Crippen molar-refractivity contribution < 1.29 is 19.2 Å². The van der Waals surface area contributed by atoms with Crippen molar-refractivity contribution in [2.75, 3.05) is 19.5 Å². The van der Waals surface area contributed by atoms with E-state index in [1.54, 1.807) is 7.11 Å². The number of hydrogen-bond donors (Lipinski definition) is 3. The van der Waals surface area contributed by atoms with E-state index >= 15 is 0 Å². The average molecular weight is 450 g/mol. The van der Waals surface area contributed by atoms with Crippen LogP contribution in [0, 0.1) is 0 Å². The molecule has 0 unspecified atom stereocenters. The minimum atomic E-state index is -0.424. The minimum absolute atomic E-state index is 0.0233. The van der Waals surface area contributed by atoms with E-state index in [1.807, 2.05) is 29.7 Å². The van der Waals surface area contributed by atoms with E-state index in [4.69, 9.17) is 10.5 Å². The zero-order valence-electron chi connectivity index (χ0n) is 15.6. The van der Waals surface area contributed by atoms with Gasteiger partial charge in [0, 0.05) is 6.07 Å². The van der Waals surface area contributed by atoms with E-state index in [-0.39, 0.29) is 24.7 Å². The van der Waals surface area contributed by atoms with Crippen LogP contribution in [0.1, 0.15) is 23.2 Å². The van der Waals surface area contributed by atoms with Gasteiger partial charge in [0.25, 0.3) is 11.7 Å².